The molecular formula is C13H17ClN2O3. The van der Waals surface area contributed by atoms with Crippen LogP contribution in [0.3, 0.4) is 0 Å². The first-order chi connectivity index (χ1) is 9.06. The number of carboxylic acid groups (broad SMARTS) is 1. The third-order valence-corrected chi connectivity index (χ3v) is 3.87. The Balaban J connectivity index is 2.20. The standard InChI is InChI=1S/C13H17ClN2O3/c14-10-6-9(12(18)19)7-15-11(10)16-13(8-17)4-2-1-3-5-13/h6-7,17H,1-5,8H2,(H,15,16)(H,18,19). The van der Waals surface area contributed by atoms with Crippen molar-refractivity contribution in [1.82, 2.24) is 4.98 Å². The van der Waals surface area contributed by atoms with Gasteiger partial charge in [-0.3, -0.25) is 0 Å². The number of carboxylic acids is 1. The number of nitrogens with zero attached hydrogens (tertiary/aromatic N) is 1. The van der Waals surface area contributed by atoms with Crippen molar-refractivity contribution in [2.45, 2.75) is 37.6 Å². The summed E-state index contributed by atoms with van der Waals surface area (Å²) in [5.74, 6) is -0.627. The largest absolute Gasteiger partial charge is 0.478 e. The molecule has 0 radical (unpaired) electrons. The minimum Gasteiger partial charge on any atom is -0.478 e. The topological polar surface area (TPSA) is 82.5 Å². The van der Waals surface area contributed by atoms with E-state index in [1.807, 2.05) is 0 Å². The van der Waals surface area contributed by atoms with Crippen molar-refractivity contribution < 1.29 is 15.0 Å². The fraction of sp³-hybridized carbons (Fsp3) is 0.538. The van der Waals surface area contributed by atoms with E-state index in [4.69, 9.17) is 16.7 Å². The fourth-order valence-electron chi connectivity index (χ4n) is 2.45. The first-order valence-corrected chi connectivity index (χ1v) is 6.72. The van der Waals surface area contributed by atoms with Gasteiger partial charge in [0.2, 0.25) is 0 Å². The molecule has 5 nitrogen and oxygen atoms in total. The molecule has 104 valence electrons. The molecule has 0 saturated heterocycles. The number of aliphatic hydroxyl groups is 1. The van der Waals surface area contributed by atoms with Gasteiger partial charge in [0.1, 0.15) is 5.82 Å². The lowest BCUT2D eigenvalue weighted by atomic mass is 9.82. The Labute approximate surface area is 116 Å². The van der Waals surface area contributed by atoms with E-state index in [0.717, 1.165) is 25.7 Å². The van der Waals surface area contributed by atoms with E-state index < -0.39 is 5.97 Å². The first kappa shape index (κ1) is 14.1. The highest BCUT2D eigenvalue weighted by Crippen LogP contribution is 2.33. The highest BCUT2D eigenvalue weighted by atomic mass is 35.5. The van der Waals surface area contributed by atoms with Crippen LogP contribution in [-0.4, -0.2) is 33.3 Å². The quantitative estimate of drug-likeness (QED) is 0.791. The van der Waals surface area contributed by atoms with Crippen LogP contribution >= 0.6 is 11.6 Å². The van der Waals surface area contributed by atoms with E-state index in [2.05, 4.69) is 10.3 Å². The van der Waals surface area contributed by atoms with Gasteiger partial charge in [0.05, 0.1) is 22.7 Å². The number of pyridine rings is 1. The molecule has 0 bridgehead atoms. The van der Waals surface area contributed by atoms with Gasteiger partial charge < -0.3 is 15.5 Å². The van der Waals surface area contributed by atoms with Crippen LogP contribution in [0.2, 0.25) is 5.02 Å². The zero-order chi connectivity index (χ0) is 13.9. The number of anilines is 1. The number of hydrogen-bond donors (Lipinski definition) is 3. The van der Waals surface area contributed by atoms with E-state index in [9.17, 15) is 9.90 Å². The van der Waals surface area contributed by atoms with Crippen LogP contribution in [0.25, 0.3) is 0 Å². The molecule has 2 rings (SSSR count). The second-order valence-electron chi connectivity index (χ2n) is 4.98. The van der Waals surface area contributed by atoms with Crippen molar-refractivity contribution in [3.63, 3.8) is 0 Å². The molecule has 0 unspecified atom stereocenters. The van der Waals surface area contributed by atoms with Crippen LogP contribution in [-0.2, 0) is 0 Å². The average molecular weight is 285 g/mol. The van der Waals surface area contributed by atoms with Gasteiger partial charge in [0, 0.05) is 6.20 Å². The number of nitrogens with one attached hydrogen (secondary N) is 1. The Morgan fingerprint density at radius 3 is 2.63 bits per heavy atom. The highest BCUT2D eigenvalue weighted by molar-refractivity contribution is 6.33. The SMILES string of the molecule is O=C(O)c1cnc(NC2(CO)CCCCC2)c(Cl)c1. The maximum absolute atomic E-state index is 10.8. The molecule has 1 saturated carbocycles. The molecule has 0 aromatic carbocycles. The minimum atomic E-state index is -1.06. The van der Waals surface area contributed by atoms with E-state index in [1.165, 1.54) is 18.7 Å². The molecule has 1 aliphatic carbocycles. The smallest absolute Gasteiger partial charge is 0.337 e. The second-order valence-corrected chi connectivity index (χ2v) is 5.39. The van der Waals surface area contributed by atoms with E-state index >= 15 is 0 Å². The Kier molecular flexibility index (Phi) is 4.27. The Hall–Kier alpha value is -1.33. The maximum Gasteiger partial charge on any atom is 0.337 e. The predicted molar refractivity (Wildman–Crippen MR) is 72.7 cm³/mol. The molecule has 1 heterocycles. The van der Waals surface area contributed by atoms with Crippen molar-refractivity contribution in [3.8, 4) is 0 Å². The third kappa shape index (κ3) is 3.16. The molecule has 1 fully saturated rings. The number of rotatable bonds is 4. The molecule has 1 aliphatic rings. The van der Waals surface area contributed by atoms with Crippen molar-refractivity contribution in [1.29, 1.82) is 0 Å². The summed E-state index contributed by atoms with van der Waals surface area (Å²) in [6.45, 7) is 0.0195. The van der Waals surface area contributed by atoms with Gasteiger partial charge in [-0.2, -0.15) is 0 Å². The number of aromatic carboxylic acids is 1. The van der Waals surface area contributed by atoms with Gasteiger partial charge in [0.25, 0.3) is 0 Å². The van der Waals surface area contributed by atoms with Gasteiger partial charge in [-0.05, 0) is 18.9 Å². The zero-order valence-corrected chi connectivity index (χ0v) is 11.3. The number of halogens is 1. The minimum absolute atomic E-state index is 0.0195. The van der Waals surface area contributed by atoms with Gasteiger partial charge in [-0.25, -0.2) is 9.78 Å². The summed E-state index contributed by atoms with van der Waals surface area (Å²) in [6, 6.07) is 1.37. The number of hydrogen-bond acceptors (Lipinski definition) is 4. The van der Waals surface area contributed by atoms with Crippen LogP contribution in [0.1, 0.15) is 42.5 Å². The van der Waals surface area contributed by atoms with E-state index in [-0.39, 0.29) is 22.7 Å². The summed E-state index contributed by atoms with van der Waals surface area (Å²) >= 11 is 6.04. The maximum atomic E-state index is 10.8. The predicted octanol–water partition coefficient (Wildman–Crippen LogP) is 2.54. The van der Waals surface area contributed by atoms with Gasteiger partial charge >= 0.3 is 5.97 Å². The molecule has 6 heteroatoms. The fourth-order valence-corrected chi connectivity index (χ4v) is 2.66. The molecular weight excluding hydrogens is 268 g/mol. The van der Waals surface area contributed by atoms with E-state index in [1.54, 1.807) is 0 Å². The van der Waals surface area contributed by atoms with Crippen molar-refractivity contribution in [2.75, 3.05) is 11.9 Å². The van der Waals surface area contributed by atoms with Crippen LogP contribution in [0.5, 0.6) is 0 Å². The molecule has 0 spiro atoms. The monoisotopic (exact) mass is 284 g/mol. The lowest BCUT2D eigenvalue weighted by Crippen LogP contribution is -2.44. The van der Waals surface area contributed by atoms with Gasteiger partial charge in [0.15, 0.2) is 0 Å². The van der Waals surface area contributed by atoms with Gasteiger partial charge in [-0.15, -0.1) is 0 Å². The summed E-state index contributed by atoms with van der Waals surface area (Å²) in [5, 5.41) is 21.9. The second kappa shape index (κ2) is 5.75. The molecule has 3 N–H and O–H groups in total. The number of aliphatic hydroxyl groups excluding tert-OH is 1. The first-order valence-electron chi connectivity index (χ1n) is 6.34. The highest BCUT2D eigenvalue weighted by Gasteiger charge is 2.32. The van der Waals surface area contributed by atoms with Gasteiger partial charge in [-0.1, -0.05) is 30.9 Å². The Morgan fingerprint density at radius 2 is 2.11 bits per heavy atom. The van der Waals surface area contributed by atoms with Crippen LogP contribution in [0, 0.1) is 0 Å². The lowest BCUT2D eigenvalue weighted by molar-refractivity contribution is 0.0696. The zero-order valence-electron chi connectivity index (χ0n) is 10.5. The summed E-state index contributed by atoms with van der Waals surface area (Å²) < 4.78 is 0. The lowest BCUT2D eigenvalue weighted by Gasteiger charge is -2.37. The molecule has 19 heavy (non-hydrogen) atoms. The Morgan fingerprint density at radius 1 is 1.42 bits per heavy atom. The summed E-state index contributed by atoms with van der Waals surface area (Å²) in [4.78, 5) is 14.9. The third-order valence-electron chi connectivity index (χ3n) is 3.59. The normalized spacial score (nSPS) is 18.0. The summed E-state index contributed by atoms with van der Waals surface area (Å²) in [5.41, 5.74) is -0.336. The molecule has 1 aromatic rings. The van der Waals surface area contributed by atoms with Crippen LogP contribution in [0.15, 0.2) is 12.3 Å². The Bertz CT molecular complexity index is 473. The molecule has 0 atom stereocenters. The molecule has 0 amide bonds. The van der Waals surface area contributed by atoms with Crippen molar-refractivity contribution in [2.24, 2.45) is 0 Å². The molecule has 1 aromatic heterocycles. The van der Waals surface area contributed by atoms with Crippen molar-refractivity contribution in [3.05, 3.63) is 22.8 Å². The summed E-state index contributed by atoms with van der Waals surface area (Å²) in [7, 11) is 0. The summed E-state index contributed by atoms with van der Waals surface area (Å²) in [6.07, 6.45) is 6.27. The number of aromatic nitrogens is 1. The average Bonchev–Trinajstić information content (AvgIpc) is 2.42. The number of carbonyl (C=O) groups is 1. The van der Waals surface area contributed by atoms with Crippen molar-refractivity contribution >= 4 is 23.4 Å². The van der Waals surface area contributed by atoms with Crippen LogP contribution < -0.4 is 5.32 Å². The molecule has 0 aliphatic heterocycles. The van der Waals surface area contributed by atoms with E-state index in [0.29, 0.717) is 5.82 Å². The van der Waals surface area contributed by atoms with Crippen LogP contribution in [0.4, 0.5) is 5.82 Å².